The Kier molecular flexibility index (Phi) is 5.85. The molecule has 0 radical (unpaired) electrons. The van der Waals surface area contributed by atoms with Crippen LogP contribution in [0, 0.1) is 0 Å². The van der Waals surface area contributed by atoms with Gasteiger partial charge in [0.1, 0.15) is 11.4 Å². The van der Waals surface area contributed by atoms with Crippen molar-refractivity contribution in [3.8, 4) is 5.75 Å². The van der Waals surface area contributed by atoms with Crippen LogP contribution in [0.25, 0.3) is 0 Å². The molecule has 1 atom stereocenters. The Morgan fingerprint density at radius 3 is 3.04 bits per heavy atom. The summed E-state index contributed by atoms with van der Waals surface area (Å²) in [6, 6.07) is 11.4. The summed E-state index contributed by atoms with van der Waals surface area (Å²) in [5.41, 5.74) is 2.28. The first kappa shape index (κ1) is 17.2. The van der Waals surface area contributed by atoms with E-state index >= 15 is 0 Å². The van der Waals surface area contributed by atoms with Gasteiger partial charge in [-0.1, -0.05) is 18.2 Å². The molecule has 0 saturated carbocycles. The maximum absolute atomic E-state index is 12.3. The molecule has 1 aliphatic rings. The van der Waals surface area contributed by atoms with Crippen LogP contribution in [0.1, 0.15) is 28.9 Å². The minimum atomic E-state index is -0.184. The van der Waals surface area contributed by atoms with Crippen LogP contribution in [0.15, 0.2) is 42.6 Å². The lowest BCUT2D eigenvalue weighted by molar-refractivity contribution is 0.0854. The number of anilines is 1. The summed E-state index contributed by atoms with van der Waals surface area (Å²) < 4.78 is 10.9. The zero-order chi connectivity index (χ0) is 17.5. The van der Waals surface area contributed by atoms with Gasteiger partial charge in [-0.25, -0.2) is 0 Å². The average molecular weight is 341 g/mol. The fraction of sp³-hybridized carbons (Fsp3) is 0.368. The first-order chi connectivity index (χ1) is 12.3. The number of hydrogen-bond acceptors (Lipinski definition) is 5. The van der Waals surface area contributed by atoms with Gasteiger partial charge in [-0.05, 0) is 31.0 Å². The number of benzene rings is 1. The summed E-state index contributed by atoms with van der Waals surface area (Å²) in [5, 5.41) is 6.19. The number of pyridine rings is 1. The molecular formula is C19H23N3O3. The normalized spacial score (nSPS) is 16.4. The van der Waals surface area contributed by atoms with E-state index in [2.05, 4.69) is 15.6 Å². The van der Waals surface area contributed by atoms with Crippen LogP contribution in [-0.4, -0.2) is 37.3 Å². The lowest BCUT2D eigenvalue weighted by Crippen LogP contribution is -2.32. The molecule has 1 saturated heterocycles. The van der Waals surface area contributed by atoms with Crippen molar-refractivity contribution in [2.24, 2.45) is 0 Å². The predicted molar refractivity (Wildman–Crippen MR) is 95.9 cm³/mol. The number of ether oxygens (including phenoxy) is 2. The van der Waals surface area contributed by atoms with Crippen LogP contribution in [0.2, 0.25) is 0 Å². The van der Waals surface area contributed by atoms with E-state index in [0.29, 0.717) is 18.8 Å². The first-order valence-electron chi connectivity index (χ1n) is 8.48. The van der Waals surface area contributed by atoms with Crippen LogP contribution >= 0.6 is 0 Å². The van der Waals surface area contributed by atoms with Gasteiger partial charge in [0.2, 0.25) is 0 Å². The molecule has 3 rings (SSSR count). The Morgan fingerprint density at radius 1 is 1.36 bits per heavy atom. The second-order valence-corrected chi connectivity index (χ2v) is 5.94. The lowest BCUT2D eigenvalue weighted by Gasteiger charge is -2.12. The summed E-state index contributed by atoms with van der Waals surface area (Å²) in [7, 11) is 1.65. The second kappa shape index (κ2) is 8.48. The second-order valence-electron chi connectivity index (χ2n) is 5.94. The molecule has 6 heteroatoms. The minimum absolute atomic E-state index is 0.121. The molecular weight excluding hydrogens is 318 g/mol. The highest BCUT2D eigenvalue weighted by Gasteiger charge is 2.17. The van der Waals surface area contributed by atoms with Crippen molar-refractivity contribution < 1.29 is 14.3 Å². The van der Waals surface area contributed by atoms with Gasteiger partial charge in [-0.15, -0.1) is 0 Å². The molecule has 0 spiro atoms. The Labute approximate surface area is 147 Å². The van der Waals surface area contributed by atoms with E-state index in [0.717, 1.165) is 36.4 Å². The number of carbonyl (C=O) groups is 1. The maximum atomic E-state index is 12.3. The van der Waals surface area contributed by atoms with E-state index in [-0.39, 0.29) is 12.0 Å². The summed E-state index contributed by atoms with van der Waals surface area (Å²) in [4.78, 5) is 16.4. The van der Waals surface area contributed by atoms with Crippen LogP contribution in [0.3, 0.4) is 0 Å². The molecule has 1 aliphatic heterocycles. The Hall–Kier alpha value is -2.60. The van der Waals surface area contributed by atoms with Crippen LogP contribution in [-0.2, 0) is 11.3 Å². The average Bonchev–Trinajstić information content (AvgIpc) is 3.18. The molecule has 1 amide bonds. The topological polar surface area (TPSA) is 72.5 Å². The van der Waals surface area contributed by atoms with E-state index in [1.54, 1.807) is 19.4 Å². The molecule has 0 bridgehead atoms. The predicted octanol–water partition coefficient (Wildman–Crippen LogP) is 2.61. The highest BCUT2D eigenvalue weighted by Crippen LogP contribution is 2.19. The van der Waals surface area contributed by atoms with E-state index in [9.17, 15) is 4.79 Å². The number of rotatable bonds is 7. The highest BCUT2D eigenvalue weighted by atomic mass is 16.5. The third-order valence-electron chi connectivity index (χ3n) is 4.18. The van der Waals surface area contributed by atoms with Crippen molar-refractivity contribution in [1.29, 1.82) is 0 Å². The quantitative estimate of drug-likeness (QED) is 0.810. The van der Waals surface area contributed by atoms with Crippen molar-refractivity contribution in [3.05, 3.63) is 53.9 Å². The zero-order valence-corrected chi connectivity index (χ0v) is 14.3. The van der Waals surface area contributed by atoms with E-state index < -0.39 is 0 Å². The smallest absolute Gasteiger partial charge is 0.270 e. The minimum Gasteiger partial charge on any atom is -0.496 e. The Balaban J connectivity index is 1.58. The fourth-order valence-corrected chi connectivity index (χ4v) is 2.81. The van der Waals surface area contributed by atoms with E-state index in [4.69, 9.17) is 9.47 Å². The molecule has 1 aromatic heterocycles. The summed E-state index contributed by atoms with van der Waals surface area (Å²) in [6.45, 7) is 1.91. The summed E-state index contributed by atoms with van der Waals surface area (Å²) >= 11 is 0. The number of aromatic nitrogens is 1. The summed E-state index contributed by atoms with van der Waals surface area (Å²) in [6.07, 6.45) is 3.80. The highest BCUT2D eigenvalue weighted by molar-refractivity contribution is 5.93. The number of nitrogens with zero attached hydrogens (tertiary/aromatic N) is 1. The zero-order valence-electron chi connectivity index (χ0n) is 14.3. The van der Waals surface area contributed by atoms with Crippen molar-refractivity contribution in [1.82, 2.24) is 10.3 Å². The number of hydrogen-bond donors (Lipinski definition) is 2. The van der Waals surface area contributed by atoms with Gasteiger partial charge in [-0.2, -0.15) is 0 Å². The monoisotopic (exact) mass is 341 g/mol. The number of amides is 1. The van der Waals surface area contributed by atoms with E-state index in [1.807, 2.05) is 30.3 Å². The molecule has 6 nitrogen and oxygen atoms in total. The lowest BCUT2D eigenvalue weighted by atomic mass is 10.2. The molecule has 132 valence electrons. The molecule has 25 heavy (non-hydrogen) atoms. The molecule has 0 aliphatic carbocycles. The van der Waals surface area contributed by atoms with Crippen molar-refractivity contribution in [2.45, 2.75) is 25.5 Å². The van der Waals surface area contributed by atoms with Crippen LogP contribution < -0.4 is 15.4 Å². The van der Waals surface area contributed by atoms with Gasteiger partial charge < -0.3 is 20.1 Å². The maximum Gasteiger partial charge on any atom is 0.270 e. The molecule has 1 unspecified atom stereocenters. The van der Waals surface area contributed by atoms with Gasteiger partial charge in [0.05, 0.1) is 13.2 Å². The Morgan fingerprint density at radius 2 is 2.24 bits per heavy atom. The first-order valence-corrected chi connectivity index (χ1v) is 8.48. The van der Waals surface area contributed by atoms with Gasteiger partial charge in [0, 0.05) is 37.1 Å². The fourth-order valence-electron chi connectivity index (χ4n) is 2.81. The van der Waals surface area contributed by atoms with Gasteiger partial charge in [0.15, 0.2) is 0 Å². The SMILES string of the molecule is COc1ccccc1CNc1ccnc(C(=O)NCC2CCCO2)c1. The Bertz CT molecular complexity index is 715. The third kappa shape index (κ3) is 4.70. The molecule has 1 fully saturated rings. The van der Waals surface area contributed by atoms with Crippen molar-refractivity contribution >= 4 is 11.6 Å². The van der Waals surface area contributed by atoms with Crippen LogP contribution in [0.4, 0.5) is 5.69 Å². The standard InChI is InChI=1S/C19H23N3O3/c1-24-18-7-3-2-5-14(18)12-21-15-8-9-20-17(11-15)19(23)22-13-16-6-4-10-25-16/h2-3,5,7-9,11,16H,4,6,10,12-13H2,1H3,(H,20,21)(H,22,23). The van der Waals surface area contributed by atoms with E-state index in [1.165, 1.54) is 0 Å². The molecule has 2 aromatic rings. The van der Waals surface area contributed by atoms with Gasteiger partial charge >= 0.3 is 0 Å². The number of nitrogens with one attached hydrogen (secondary N) is 2. The van der Waals surface area contributed by atoms with Crippen molar-refractivity contribution in [2.75, 3.05) is 25.6 Å². The van der Waals surface area contributed by atoms with Crippen LogP contribution in [0.5, 0.6) is 5.75 Å². The third-order valence-corrected chi connectivity index (χ3v) is 4.18. The number of para-hydroxylation sites is 1. The summed E-state index contributed by atoms with van der Waals surface area (Å²) in [5.74, 6) is 0.648. The van der Waals surface area contributed by atoms with Crippen molar-refractivity contribution in [3.63, 3.8) is 0 Å². The largest absolute Gasteiger partial charge is 0.496 e. The molecule has 2 N–H and O–H groups in total. The van der Waals surface area contributed by atoms with Gasteiger partial charge in [-0.3, -0.25) is 9.78 Å². The molecule has 2 heterocycles. The number of carbonyl (C=O) groups excluding carboxylic acids is 1. The molecule has 1 aromatic carbocycles. The number of methoxy groups -OCH3 is 1. The van der Waals surface area contributed by atoms with Gasteiger partial charge in [0.25, 0.3) is 5.91 Å².